The molecule has 146 valence electrons. The number of aryl methyl sites for hydroxylation is 1. The lowest BCUT2D eigenvalue weighted by Crippen LogP contribution is -2.12. The third-order valence-electron chi connectivity index (χ3n) is 3.91. The van der Waals surface area contributed by atoms with Crippen LogP contribution in [-0.4, -0.2) is 42.4 Å². The molecule has 3 aromatic rings. The summed E-state index contributed by atoms with van der Waals surface area (Å²) in [6.45, 7) is 0. The molecule has 1 N–H and O–H groups in total. The number of methoxy groups -OCH3 is 3. The van der Waals surface area contributed by atoms with Crippen molar-refractivity contribution in [2.24, 2.45) is 0 Å². The number of amides is 1. The van der Waals surface area contributed by atoms with Gasteiger partial charge in [0.05, 0.1) is 21.3 Å². The van der Waals surface area contributed by atoms with Crippen molar-refractivity contribution in [1.82, 2.24) is 15.2 Å². The van der Waals surface area contributed by atoms with Gasteiger partial charge in [0.25, 0.3) is 0 Å². The van der Waals surface area contributed by atoms with E-state index in [1.54, 1.807) is 36.7 Å². The van der Waals surface area contributed by atoms with Crippen LogP contribution in [0.1, 0.15) is 12.3 Å². The Labute approximate surface area is 161 Å². The number of nitrogens with one attached hydrogen (secondary N) is 1. The van der Waals surface area contributed by atoms with E-state index in [4.69, 9.17) is 18.6 Å². The molecule has 1 aromatic carbocycles. The second-order valence-electron chi connectivity index (χ2n) is 5.70. The van der Waals surface area contributed by atoms with Crippen LogP contribution in [0.5, 0.6) is 17.2 Å². The summed E-state index contributed by atoms with van der Waals surface area (Å²) in [4.78, 5) is 16.2. The van der Waals surface area contributed by atoms with Crippen LogP contribution >= 0.6 is 0 Å². The fourth-order valence-electron chi connectivity index (χ4n) is 2.56. The third kappa shape index (κ3) is 4.37. The number of ether oxygens (including phenoxy) is 3. The fourth-order valence-corrected chi connectivity index (χ4v) is 2.56. The Kier molecular flexibility index (Phi) is 6.05. The van der Waals surface area contributed by atoms with Crippen LogP contribution in [0.3, 0.4) is 0 Å². The minimum absolute atomic E-state index is 0.175. The van der Waals surface area contributed by atoms with Gasteiger partial charge in [-0.1, -0.05) is 0 Å². The van der Waals surface area contributed by atoms with Gasteiger partial charge in [0.15, 0.2) is 11.5 Å². The Morgan fingerprint density at radius 3 is 2.32 bits per heavy atom. The molecule has 0 unspecified atom stereocenters. The van der Waals surface area contributed by atoms with Crippen LogP contribution in [0.4, 0.5) is 5.69 Å². The Balaban J connectivity index is 1.63. The highest BCUT2D eigenvalue weighted by molar-refractivity contribution is 5.91. The van der Waals surface area contributed by atoms with E-state index in [0.29, 0.717) is 41.1 Å². The number of pyridine rings is 1. The molecule has 0 saturated heterocycles. The highest BCUT2D eigenvalue weighted by atomic mass is 16.5. The minimum Gasteiger partial charge on any atom is -0.493 e. The lowest BCUT2D eigenvalue weighted by molar-refractivity contribution is -0.116. The average Bonchev–Trinajstić information content (AvgIpc) is 3.21. The van der Waals surface area contributed by atoms with E-state index in [-0.39, 0.29) is 12.3 Å². The zero-order chi connectivity index (χ0) is 19.9. The van der Waals surface area contributed by atoms with E-state index in [0.717, 1.165) is 5.56 Å². The number of hydrogen-bond donors (Lipinski definition) is 1. The molecule has 0 aliphatic rings. The van der Waals surface area contributed by atoms with Gasteiger partial charge in [0, 0.05) is 48.6 Å². The van der Waals surface area contributed by atoms with Gasteiger partial charge in [-0.2, -0.15) is 0 Å². The van der Waals surface area contributed by atoms with E-state index in [1.807, 2.05) is 0 Å². The number of nitrogens with zero attached hydrogens (tertiary/aromatic N) is 3. The maximum absolute atomic E-state index is 12.3. The lowest BCUT2D eigenvalue weighted by Gasteiger charge is -2.14. The zero-order valence-electron chi connectivity index (χ0n) is 15.8. The molecule has 9 nitrogen and oxygen atoms in total. The van der Waals surface area contributed by atoms with Gasteiger partial charge in [-0.05, 0) is 12.1 Å². The number of carbonyl (C=O) groups excluding carboxylic acids is 1. The first-order valence-corrected chi connectivity index (χ1v) is 8.47. The standard InChI is InChI=1S/C19H20N4O5/c1-25-14-10-13(11-15(26-2)18(14)27-3)21-16(24)4-5-17-22-23-19(28-17)12-6-8-20-9-7-12/h6-11H,4-5H2,1-3H3,(H,21,24). The van der Waals surface area contributed by atoms with Crippen LogP contribution < -0.4 is 19.5 Å². The molecule has 0 saturated carbocycles. The summed E-state index contributed by atoms with van der Waals surface area (Å²) in [5, 5.41) is 10.8. The predicted molar refractivity (Wildman–Crippen MR) is 101 cm³/mol. The summed E-state index contributed by atoms with van der Waals surface area (Å²) in [7, 11) is 4.54. The SMILES string of the molecule is COc1cc(NC(=O)CCc2nnc(-c3ccncc3)o2)cc(OC)c1OC. The molecule has 3 rings (SSSR count). The molecule has 0 aliphatic carbocycles. The molecule has 0 spiro atoms. The Morgan fingerprint density at radius 1 is 1.04 bits per heavy atom. The topological polar surface area (TPSA) is 109 Å². The van der Waals surface area contributed by atoms with E-state index < -0.39 is 0 Å². The van der Waals surface area contributed by atoms with Crippen LogP contribution in [0.15, 0.2) is 41.1 Å². The summed E-state index contributed by atoms with van der Waals surface area (Å²) in [6.07, 6.45) is 3.77. The van der Waals surface area contributed by atoms with Crippen molar-refractivity contribution in [3.05, 3.63) is 42.5 Å². The first-order valence-electron chi connectivity index (χ1n) is 8.47. The first kappa shape index (κ1) is 19.2. The summed E-state index contributed by atoms with van der Waals surface area (Å²) >= 11 is 0. The van der Waals surface area contributed by atoms with Gasteiger partial charge in [0.1, 0.15) is 0 Å². The first-order chi connectivity index (χ1) is 13.6. The average molecular weight is 384 g/mol. The van der Waals surface area contributed by atoms with Crippen LogP contribution in [0.2, 0.25) is 0 Å². The lowest BCUT2D eigenvalue weighted by atomic mass is 10.2. The monoisotopic (exact) mass is 384 g/mol. The van der Waals surface area contributed by atoms with Crippen molar-refractivity contribution in [2.75, 3.05) is 26.6 Å². The Hall–Kier alpha value is -3.62. The highest BCUT2D eigenvalue weighted by Gasteiger charge is 2.15. The fraction of sp³-hybridized carbons (Fsp3) is 0.263. The van der Waals surface area contributed by atoms with Crippen molar-refractivity contribution in [2.45, 2.75) is 12.8 Å². The van der Waals surface area contributed by atoms with E-state index >= 15 is 0 Å². The van der Waals surface area contributed by atoms with Crippen LogP contribution in [0.25, 0.3) is 11.5 Å². The van der Waals surface area contributed by atoms with Gasteiger partial charge in [-0.3, -0.25) is 9.78 Å². The van der Waals surface area contributed by atoms with Crippen molar-refractivity contribution < 1.29 is 23.4 Å². The van der Waals surface area contributed by atoms with Crippen LogP contribution in [0, 0.1) is 0 Å². The van der Waals surface area contributed by atoms with Gasteiger partial charge in [0.2, 0.25) is 23.4 Å². The molecule has 2 aromatic heterocycles. The predicted octanol–water partition coefficient (Wildman–Crippen LogP) is 2.73. The Bertz CT molecular complexity index is 918. The zero-order valence-corrected chi connectivity index (χ0v) is 15.8. The molecular weight excluding hydrogens is 364 g/mol. The number of benzene rings is 1. The molecule has 0 aliphatic heterocycles. The van der Waals surface area contributed by atoms with Crippen molar-refractivity contribution in [3.63, 3.8) is 0 Å². The third-order valence-corrected chi connectivity index (χ3v) is 3.91. The maximum atomic E-state index is 12.3. The van der Waals surface area contributed by atoms with Crippen molar-refractivity contribution >= 4 is 11.6 Å². The van der Waals surface area contributed by atoms with Crippen molar-refractivity contribution in [1.29, 1.82) is 0 Å². The number of aromatic nitrogens is 3. The maximum Gasteiger partial charge on any atom is 0.247 e. The molecule has 0 bridgehead atoms. The van der Waals surface area contributed by atoms with E-state index in [2.05, 4.69) is 20.5 Å². The summed E-state index contributed by atoms with van der Waals surface area (Å²) in [5.41, 5.74) is 1.30. The van der Waals surface area contributed by atoms with E-state index in [1.165, 1.54) is 21.3 Å². The quantitative estimate of drug-likeness (QED) is 0.631. The van der Waals surface area contributed by atoms with Gasteiger partial charge in [-0.15, -0.1) is 10.2 Å². The highest BCUT2D eigenvalue weighted by Crippen LogP contribution is 2.39. The summed E-state index contributed by atoms with van der Waals surface area (Å²) < 4.78 is 21.4. The van der Waals surface area contributed by atoms with Gasteiger partial charge in [-0.25, -0.2) is 0 Å². The summed E-state index contributed by atoms with van der Waals surface area (Å²) in [6, 6.07) is 6.86. The van der Waals surface area contributed by atoms with Gasteiger partial charge < -0.3 is 23.9 Å². The second kappa shape index (κ2) is 8.85. The molecular formula is C19H20N4O5. The molecule has 1 amide bonds. The van der Waals surface area contributed by atoms with E-state index in [9.17, 15) is 4.79 Å². The number of hydrogen-bond acceptors (Lipinski definition) is 8. The smallest absolute Gasteiger partial charge is 0.247 e. The molecule has 9 heteroatoms. The second-order valence-corrected chi connectivity index (χ2v) is 5.70. The molecule has 2 heterocycles. The largest absolute Gasteiger partial charge is 0.493 e. The normalized spacial score (nSPS) is 10.4. The number of carbonyl (C=O) groups is 1. The molecule has 0 fully saturated rings. The summed E-state index contributed by atoms with van der Waals surface area (Å²) in [5.74, 6) is 1.93. The van der Waals surface area contributed by atoms with Gasteiger partial charge >= 0.3 is 0 Å². The molecule has 28 heavy (non-hydrogen) atoms. The molecule has 0 radical (unpaired) electrons. The number of rotatable bonds is 8. The molecule has 0 atom stereocenters. The van der Waals surface area contributed by atoms with Crippen LogP contribution in [-0.2, 0) is 11.2 Å². The minimum atomic E-state index is -0.210. The number of anilines is 1. The van der Waals surface area contributed by atoms with Crippen molar-refractivity contribution in [3.8, 4) is 28.7 Å². The Morgan fingerprint density at radius 2 is 1.71 bits per heavy atom.